The second-order valence-corrected chi connectivity index (χ2v) is 3.19. The number of aliphatic hydroxyl groups is 1. The largest absolute Gasteiger partial charge is 0.491 e. The molecule has 11 heavy (non-hydrogen) atoms. The minimum absolute atomic E-state index is 0. The molecule has 0 aromatic rings. The number of aliphatic hydroxyl groups excluding tert-OH is 1. The van der Waals surface area contributed by atoms with Gasteiger partial charge in [-0.25, -0.2) is 0 Å². The van der Waals surface area contributed by atoms with E-state index in [9.17, 15) is 5.11 Å². The molecule has 0 aliphatic carbocycles. The number of nitrogens with zero attached hydrogens (tertiary/aromatic N) is 1. The van der Waals surface area contributed by atoms with Gasteiger partial charge in [-0.2, -0.15) is 0 Å². The van der Waals surface area contributed by atoms with Crippen molar-refractivity contribution in [1.82, 2.24) is 4.90 Å². The Kier molecular flexibility index (Phi) is 2.63. The summed E-state index contributed by atoms with van der Waals surface area (Å²) in [5, 5.41) is 9.46. The Bertz CT molecular complexity index is 159. The summed E-state index contributed by atoms with van der Waals surface area (Å²) in [6.07, 6.45) is 1.88. The smallest absolute Gasteiger partial charge is 0.0634 e. The summed E-state index contributed by atoms with van der Waals surface area (Å²) in [5.74, 6) is 0.449. The molecule has 3 heterocycles. The van der Waals surface area contributed by atoms with Crippen molar-refractivity contribution in [3.63, 3.8) is 0 Å². The Morgan fingerprint density at radius 3 is 2.18 bits per heavy atom. The van der Waals surface area contributed by atoms with Crippen LogP contribution in [0.5, 0.6) is 0 Å². The number of hydrogen-bond donors (Lipinski definition) is 1. The first-order chi connectivity index (χ1) is 4.79. The molecular weight excluding hydrogens is 182 g/mol. The molecule has 64 valence electrons. The molecule has 0 amide bonds. The number of piperidine rings is 3. The van der Waals surface area contributed by atoms with Gasteiger partial charge in [-0.3, -0.25) is 0 Å². The maximum absolute atomic E-state index is 9.46. The summed E-state index contributed by atoms with van der Waals surface area (Å²) in [6, 6.07) is 0. The van der Waals surface area contributed by atoms with Crippen molar-refractivity contribution in [2.24, 2.45) is 5.92 Å². The Morgan fingerprint density at radius 1 is 1.36 bits per heavy atom. The van der Waals surface area contributed by atoms with E-state index < -0.39 is 0 Å². The first kappa shape index (κ1) is 9.11. The van der Waals surface area contributed by atoms with Crippen molar-refractivity contribution in [3.05, 3.63) is 12.3 Å². The van der Waals surface area contributed by atoms with Crippen LogP contribution in [0.4, 0.5) is 0 Å². The molecule has 1 unspecified atom stereocenters. The summed E-state index contributed by atoms with van der Waals surface area (Å²) in [6.45, 7) is 7.75. The maximum Gasteiger partial charge on any atom is 0.0634 e. The molecule has 0 spiro atoms. The molecule has 1 N–H and O–H groups in total. The van der Waals surface area contributed by atoms with Crippen LogP contribution in [0, 0.1) is 12.5 Å². The second kappa shape index (κ2) is 3.18. The van der Waals surface area contributed by atoms with Gasteiger partial charge in [0.25, 0.3) is 0 Å². The first-order valence-electron chi connectivity index (χ1n) is 3.84. The molecule has 3 rings (SSSR count). The van der Waals surface area contributed by atoms with E-state index in [0.29, 0.717) is 11.6 Å². The van der Waals surface area contributed by atoms with Gasteiger partial charge in [0.1, 0.15) is 0 Å². The standard InChI is InChI=1S/C8H12NO.Fe/c1-6-8(10)7-2-4-9(6)5-3-7;/h1,7-8,10H,2-5H2;/q-1;. The predicted molar refractivity (Wildman–Crippen MR) is 38.1 cm³/mol. The molecular formula is C8H12FeNO-. The van der Waals surface area contributed by atoms with Gasteiger partial charge in [-0.05, 0) is 18.8 Å². The van der Waals surface area contributed by atoms with Crippen molar-refractivity contribution in [2.45, 2.75) is 18.9 Å². The van der Waals surface area contributed by atoms with E-state index in [1.807, 2.05) is 0 Å². The predicted octanol–water partition coefficient (Wildman–Crippen LogP) is 0.387. The zero-order valence-corrected chi connectivity index (χ0v) is 7.41. The second-order valence-electron chi connectivity index (χ2n) is 3.19. The fraction of sp³-hybridized carbons (Fsp3) is 0.750. The molecule has 3 saturated heterocycles. The van der Waals surface area contributed by atoms with Crippen LogP contribution in [0.3, 0.4) is 0 Å². The van der Waals surface area contributed by atoms with Crippen LogP contribution in [0.25, 0.3) is 0 Å². The van der Waals surface area contributed by atoms with Crippen molar-refractivity contribution in [1.29, 1.82) is 0 Å². The minimum atomic E-state index is -0.345. The molecule has 0 aromatic carbocycles. The molecule has 0 radical (unpaired) electrons. The Labute approximate surface area is 77.7 Å². The molecule has 3 fully saturated rings. The van der Waals surface area contributed by atoms with Crippen molar-refractivity contribution in [2.75, 3.05) is 13.1 Å². The quantitative estimate of drug-likeness (QED) is 0.445. The molecule has 3 aliphatic heterocycles. The van der Waals surface area contributed by atoms with Gasteiger partial charge in [0.2, 0.25) is 0 Å². The molecule has 3 heteroatoms. The number of fused-ring (bicyclic) bond motifs is 3. The normalized spacial score (nSPS) is 35.4. The van der Waals surface area contributed by atoms with Crippen LogP contribution < -0.4 is 0 Å². The van der Waals surface area contributed by atoms with Crippen LogP contribution in [-0.4, -0.2) is 29.2 Å². The summed E-state index contributed by atoms with van der Waals surface area (Å²) in [4.78, 5) is 2.09. The molecule has 3 aliphatic rings. The Morgan fingerprint density at radius 2 is 1.91 bits per heavy atom. The molecule has 0 aromatic heterocycles. The zero-order valence-electron chi connectivity index (χ0n) is 6.31. The van der Waals surface area contributed by atoms with Crippen LogP contribution in [0.1, 0.15) is 12.8 Å². The zero-order chi connectivity index (χ0) is 7.14. The third-order valence-electron chi connectivity index (χ3n) is 2.65. The molecule has 2 nitrogen and oxygen atoms in total. The fourth-order valence-electron chi connectivity index (χ4n) is 1.90. The monoisotopic (exact) mass is 194 g/mol. The van der Waals surface area contributed by atoms with Gasteiger partial charge in [-0.15, -0.1) is 5.70 Å². The van der Waals surface area contributed by atoms with E-state index in [2.05, 4.69) is 4.90 Å². The van der Waals surface area contributed by atoms with Crippen LogP contribution >= 0.6 is 0 Å². The van der Waals surface area contributed by atoms with E-state index in [4.69, 9.17) is 6.58 Å². The molecule has 0 saturated carbocycles. The fourth-order valence-corrected chi connectivity index (χ4v) is 1.90. The van der Waals surface area contributed by atoms with Crippen LogP contribution in [-0.2, 0) is 17.1 Å². The topological polar surface area (TPSA) is 23.5 Å². The SMILES string of the molecule is [CH-]=C1C(O)C2CCN1CC2.[Fe]. The summed E-state index contributed by atoms with van der Waals surface area (Å²) in [7, 11) is 0. The van der Waals surface area contributed by atoms with E-state index in [1.54, 1.807) is 0 Å². The minimum Gasteiger partial charge on any atom is -0.491 e. The van der Waals surface area contributed by atoms with Gasteiger partial charge >= 0.3 is 0 Å². The van der Waals surface area contributed by atoms with Crippen molar-refractivity contribution >= 4 is 0 Å². The van der Waals surface area contributed by atoms with E-state index in [0.717, 1.165) is 25.9 Å². The molecule has 1 atom stereocenters. The van der Waals surface area contributed by atoms with Gasteiger partial charge in [-0.1, -0.05) is 0 Å². The van der Waals surface area contributed by atoms with Crippen molar-refractivity contribution in [3.8, 4) is 0 Å². The Balaban J connectivity index is 0.000000605. The van der Waals surface area contributed by atoms with E-state index in [1.165, 1.54) is 0 Å². The van der Waals surface area contributed by atoms with Crippen molar-refractivity contribution < 1.29 is 22.2 Å². The summed E-state index contributed by atoms with van der Waals surface area (Å²) < 4.78 is 0. The van der Waals surface area contributed by atoms with Crippen LogP contribution in [0.15, 0.2) is 5.70 Å². The third-order valence-corrected chi connectivity index (χ3v) is 2.65. The van der Waals surface area contributed by atoms with Crippen LogP contribution in [0.2, 0.25) is 0 Å². The number of hydrogen-bond acceptors (Lipinski definition) is 2. The van der Waals surface area contributed by atoms with E-state index in [-0.39, 0.29) is 23.2 Å². The summed E-state index contributed by atoms with van der Waals surface area (Å²) >= 11 is 0. The van der Waals surface area contributed by atoms with Gasteiger partial charge in [0.05, 0.1) is 6.10 Å². The third kappa shape index (κ3) is 1.33. The average molecular weight is 194 g/mol. The Hall–Kier alpha value is 0.0195. The van der Waals surface area contributed by atoms with E-state index >= 15 is 0 Å². The first-order valence-corrected chi connectivity index (χ1v) is 3.84. The number of rotatable bonds is 0. The van der Waals surface area contributed by atoms with Gasteiger partial charge in [0, 0.05) is 30.2 Å². The maximum atomic E-state index is 9.46. The van der Waals surface area contributed by atoms with Gasteiger partial charge in [0.15, 0.2) is 0 Å². The summed E-state index contributed by atoms with van der Waals surface area (Å²) in [5.41, 5.74) is 0.697. The average Bonchev–Trinajstić information content (AvgIpc) is 2.00. The molecule has 2 bridgehead atoms. The van der Waals surface area contributed by atoms with Gasteiger partial charge < -0.3 is 16.6 Å².